The largest absolute Gasteiger partial charge is 0.342 e. The SMILES string of the molecule is CC(C)CN1CCC(CN2CC(CS)CC2=O)C1. The zero-order valence-electron chi connectivity index (χ0n) is 11.6. The third-order valence-corrected chi connectivity index (χ3v) is 4.54. The number of carbonyl (C=O) groups excluding carboxylic acids is 1. The Bertz CT molecular complexity index is 296. The van der Waals surface area contributed by atoms with E-state index in [-0.39, 0.29) is 0 Å². The van der Waals surface area contributed by atoms with Crippen LogP contribution >= 0.6 is 12.6 Å². The zero-order chi connectivity index (χ0) is 13.1. The number of carbonyl (C=O) groups is 1. The van der Waals surface area contributed by atoms with Crippen molar-refractivity contribution in [1.29, 1.82) is 0 Å². The summed E-state index contributed by atoms with van der Waals surface area (Å²) in [6.07, 6.45) is 1.97. The molecule has 3 nitrogen and oxygen atoms in total. The lowest BCUT2D eigenvalue weighted by Crippen LogP contribution is -2.33. The summed E-state index contributed by atoms with van der Waals surface area (Å²) in [5, 5.41) is 0. The van der Waals surface area contributed by atoms with Gasteiger partial charge in [0.25, 0.3) is 0 Å². The van der Waals surface area contributed by atoms with E-state index in [4.69, 9.17) is 0 Å². The molecule has 2 aliphatic heterocycles. The van der Waals surface area contributed by atoms with Gasteiger partial charge in [-0.3, -0.25) is 4.79 Å². The van der Waals surface area contributed by atoms with Crippen molar-refractivity contribution in [2.24, 2.45) is 17.8 Å². The van der Waals surface area contributed by atoms with Crippen LogP contribution in [0.15, 0.2) is 0 Å². The minimum atomic E-state index is 0.344. The second-order valence-electron chi connectivity index (χ2n) is 6.36. The van der Waals surface area contributed by atoms with Gasteiger partial charge in [0.2, 0.25) is 5.91 Å². The molecular formula is C14H26N2OS. The summed E-state index contributed by atoms with van der Waals surface area (Å²) in [7, 11) is 0. The summed E-state index contributed by atoms with van der Waals surface area (Å²) < 4.78 is 0. The van der Waals surface area contributed by atoms with Crippen LogP contribution in [0.4, 0.5) is 0 Å². The maximum atomic E-state index is 11.9. The van der Waals surface area contributed by atoms with Crippen LogP contribution in [0.2, 0.25) is 0 Å². The van der Waals surface area contributed by atoms with E-state index in [9.17, 15) is 4.79 Å². The first-order chi connectivity index (χ1) is 8.58. The Hall–Kier alpha value is -0.220. The lowest BCUT2D eigenvalue weighted by Gasteiger charge is -2.22. The molecule has 2 unspecified atom stereocenters. The van der Waals surface area contributed by atoms with Crippen LogP contribution in [-0.2, 0) is 4.79 Å². The van der Waals surface area contributed by atoms with Crippen molar-refractivity contribution >= 4 is 18.5 Å². The first-order valence-electron chi connectivity index (χ1n) is 7.19. The van der Waals surface area contributed by atoms with E-state index < -0.39 is 0 Å². The number of likely N-dealkylation sites (tertiary alicyclic amines) is 2. The van der Waals surface area contributed by atoms with Crippen LogP contribution < -0.4 is 0 Å². The Labute approximate surface area is 116 Å². The van der Waals surface area contributed by atoms with E-state index in [0.29, 0.717) is 24.2 Å². The molecule has 0 N–H and O–H groups in total. The van der Waals surface area contributed by atoms with Crippen molar-refractivity contribution in [2.75, 3.05) is 38.5 Å². The van der Waals surface area contributed by atoms with Crippen molar-refractivity contribution in [3.63, 3.8) is 0 Å². The highest BCUT2D eigenvalue weighted by Crippen LogP contribution is 2.24. The normalized spacial score (nSPS) is 29.8. The molecule has 0 aromatic heterocycles. The number of amides is 1. The van der Waals surface area contributed by atoms with E-state index in [1.807, 2.05) is 0 Å². The molecule has 104 valence electrons. The minimum absolute atomic E-state index is 0.344. The number of hydrogen-bond donors (Lipinski definition) is 1. The van der Waals surface area contributed by atoms with Crippen LogP contribution in [0.5, 0.6) is 0 Å². The van der Waals surface area contributed by atoms with Gasteiger partial charge in [-0.05, 0) is 36.5 Å². The monoisotopic (exact) mass is 270 g/mol. The molecule has 0 aliphatic carbocycles. The van der Waals surface area contributed by atoms with E-state index in [2.05, 4.69) is 36.3 Å². The second-order valence-corrected chi connectivity index (χ2v) is 6.72. The summed E-state index contributed by atoms with van der Waals surface area (Å²) in [6, 6.07) is 0. The molecule has 1 amide bonds. The molecule has 2 aliphatic rings. The smallest absolute Gasteiger partial charge is 0.222 e. The predicted octanol–water partition coefficient (Wildman–Crippen LogP) is 1.74. The lowest BCUT2D eigenvalue weighted by atomic mass is 10.1. The topological polar surface area (TPSA) is 23.6 Å². The number of hydrogen-bond acceptors (Lipinski definition) is 3. The first kappa shape index (κ1) is 14.2. The van der Waals surface area contributed by atoms with Crippen LogP contribution in [0.1, 0.15) is 26.7 Å². The molecule has 0 radical (unpaired) electrons. The van der Waals surface area contributed by atoms with Crippen LogP contribution in [0, 0.1) is 17.8 Å². The Balaban J connectivity index is 1.76. The van der Waals surface area contributed by atoms with Crippen molar-refractivity contribution < 1.29 is 4.79 Å². The van der Waals surface area contributed by atoms with Crippen LogP contribution in [-0.4, -0.2) is 54.2 Å². The average molecular weight is 270 g/mol. The van der Waals surface area contributed by atoms with Crippen molar-refractivity contribution in [3.8, 4) is 0 Å². The molecule has 2 saturated heterocycles. The molecule has 2 atom stereocenters. The zero-order valence-corrected chi connectivity index (χ0v) is 12.5. The van der Waals surface area contributed by atoms with Crippen LogP contribution in [0.25, 0.3) is 0 Å². The van der Waals surface area contributed by atoms with Gasteiger partial charge in [-0.15, -0.1) is 0 Å². The molecule has 0 bridgehead atoms. The quantitative estimate of drug-likeness (QED) is 0.769. The van der Waals surface area contributed by atoms with Gasteiger partial charge in [0.05, 0.1) is 0 Å². The van der Waals surface area contributed by atoms with Crippen molar-refractivity contribution in [3.05, 3.63) is 0 Å². The third-order valence-electron chi connectivity index (χ3n) is 4.02. The Kier molecular flexibility index (Phi) is 4.96. The number of nitrogens with zero attached hydrogens (tertiary/aromatic N) is 2. The van der Waals surface area contributed by atoms with Gasteiger partial charge < -0.3 is 9.80 Å². The third kappa shape index (κ3) is 3.64. The Morgan fingerprint density at radius 2 is 2.11 bits per heavy atom. The summed E-state index contributed by atoms with van der Waals surface area (Å²) in [6.45, 7) is 10.0. The van der Waals surface area contributed by atoms with E-state index in [1.54, 1.807) is 0 Å². The van der Waals surface area contributed by atoms with Gasteiger partial charge in [0.1, 0.15) is 0 Å². The average Bonchev–Trinajstić information content (AvgIpc) is 2.86. The van der Waals surface area contributed by atoms with Gasteiger partial charge in [-0.2, -0.15) is 12.6 Å². The summed E-state index contributed by atoms with van der Waals surface area (Å²) in [5.74, 6) is 3.09. The van der Waals surface area contributed by atoms with Gasteiger partial charge in [0.15, 0.2) is 0 Å². The highest BCUT2D eigenvalue weighted by Gasteiger charge is 2.32. The number of thiol groups is 1. The fraction of sp³-hybridized carbons (Fsp3) is 0.929. The van der Waals surface area contributed by atoms with Gasteiger partial charge in [0, 0.05) is 32.6 Å². The molecule has 0 saturated carbocycles. The molecule has 0 aromatic carbocycles. The van der Waals surface area contributed by atoms with Gasteiger partial charge in [-0.1, -0.05) is 13.8 Å². The minimum Gasteiger partial charge on any atom is -0.342 e. The molecule has 18 heavy (non-hydrogen) atoms. The van der Waals surface area contributed by atoms with E-state index in [0.717, 1.165) is 24.8 Å². The summed E-state index contributed by atoms with van der Waals surface area (Å²) in [5.41, 5.74) is 0. The molecule has 4 heteroatoms. The van der Waals surface area contributed by atoms with Crippen LogP contribution in [0.3, 0.4) is 0 Å². The Morgan fingerprint density at radius 3 is 2.72 bits per heavy atom. The van der Waals surface area contributed by atoms with Gasteiger partial charge >= 0.3 is 0 Å². The summed E-state index contributed by atoms with van der Waals surface area (Å²) in [4.78, 5) is 16.5. The molecular weight excluding hydrogens is 244 g/mol. The lowest BCUT2D eigenvalue weighted by molar-refractivity contribution is -0.128. The highest BCUT2D eigenvalue weighted by atomic mass is 32.1. The number of rotatable bonds is 5. The first-order valence-corrected chi connectivity index (χ1v) is 7.82. The molecule has 2 heterocycles. The summed E-state index contributed by atoms with van der Waals surface area (Å²) >= 11 is 4.31. The van der Waals surface area contributed by atoms with E-state index >= 15 is 0 Å². The molecule has 2 rings (SSSR count). The fourth-order valence-electron chi connectivity index (χ4n) is 3.21. The predicted molar refractivity (Wildman–Crippen MR) is 77.9 cm³/mol. The van der Waals surface area contributed by atoms with Crippen molar-refractivity contribution in [1.82, 2.24) is 9.80 Å². The van der Waals surface area contributed by atoms with Gasteiger partial charge in [-0.25, -0.2) is 0 Å². The second kappa shape index (κ2) is 6.29. The molecule has 0 aromatic rings. The molecule has 0 spiro atoms. The fourth-order valence-corrected chi connectivity index (χ4v) is 3.45. The molecule has 2 fully saturated rings. The van der Waals surface area contributed by atoms with Crippen molar-refractivity contribution in [2.45, 2.75) is 26.7 Å². The maximum Gasteiger partial charge on any atom is 0.222 e. The maximum absolute atomic E-state index is 11.9. The van der Waals surface area contributed by atoms with E-state index in [1.165, 1.54) is 26.1 Å². The standard InChI is InChI=1S/C14H26N2OS/c1-11(2)6-15-4-3-12(7-15)8-16-9-13(10-18)5-14(16)17/h11-13,18H,3-10H2,1-2H3. The Morgan fingerprint density at radius 1 is 1.33 bits per heavy atom. The highest BCUT2D eigenvalue weighted by molar-refractivity contribution is 7.80.